The summed E-state index contributed by atoms with van der Waals surface area (Å²) in [5.74, 6) is 1.42. The third-order valence-corrected chi connectivity index (χ3v) is 6.22. The SMILES string of the molecule is COc1cc(OC)c2cc(C(=O)Nc3ccc(CN4CCCCC4C)cc3)[nH]c2c1OC. The molecule has 1 atom stereocenters. The van der Waals surface area contributed by atoms with Gasteiger partial charge in [0.15, 0.2) is 11.5 Å². The zero-order valence-electron chi connectivity index (χ0n) is 19.2. The summed E-state index contributed by atoms with van der Waals surface area (Å²) in [5.41, 5.74) is 3.07. The number of aromatic amines is 1. The molecule has 2 aromatic carbocycles. The highest BCUT2D eigenvalue weighted by molar-refractivity contribution is 6.07. The Balaban J connectivity index is 1.51. The summed E-state index contributed by atoms with van der Waals surface area (Å²) in [6.45, 7) is 4.39. The van der Waals surface area contributed by atoms with Gasteiger partial charge in [0.25, 0.3) is 5.91 Å². The summed E-state index contributed by atoms with van der Waals surface area (Å²) in [5, 5.41) is 3.72. The van der Waals surface area contributed by atoms with Crippen LogP contribution in [0.4, 0.5) is 5.69 Å². The highest BCUT2D eigenvalue weighted by Gasteiger charge is 2.20. The molecule has 0 saturated carbocycles. The standard InChI is InChI=1S/C25H31N3O4/c1-16-7-5-6-12-28(16)15-17-8-10-18(11-9-17)26-25(29)20-13-19-21(30-2)14-22(31-3)24(32-4)23(19)27-20/h8-11,13-14,16,27H,5-7,12,15H2,1-4H3,(H,26,29). The molecule has 1 aromatic heterocycles. The van der Waals surface area contributed by atoms with Crippen LogP contribution in [0.15, 0.2) is 36.4 Å². The van der Waals surface area contributed by atoms with Gasteiger partial charge in [-0.3, -0.25) is 9.69 Å². The number of likely N-dealkylation sites (tertiary alicyclic amines) is 1. The number of hydrogen-bond donors (Lipinski definition) is 2. The van der Waals surface area contributed by atoms with E-state index in [9.17, 15) is 4.79 Å². The maximum absolute atomic E-state index is 12.9. The smallest absolute Gasteiger partial charge is 0.272 e. The van der Waals surface area contributed by atoms with Crippen molar-refractivity contribution in [3.63, 3.8) is 0 Å². The molecule has 32 heavy (non-hydrogen) atoms. The average molecular weight is 438 g/mol. The molecular weight excluding hydrogens is 406 g/mol. The van der Waals surface area contributed by atoms with Crippen LogP contribution in [0.25, 0.3) is 10.9 Å². The van der Waals surface area contributed by atoms with Gasteiger partial charge in [-0.2, -0.15) is 0 Å². The van der Waals surface area contributed by atoms with Gasteiger partial charge in [-0.05, 0) is 50.1 Å². The van der Waals surface area contributed by atoms with Crippen molar-refractivity contribution in [2.75, 3.05) is 33.2 Å². The quantitative estimate of drug-likeness (QED) is 0.554. The third kappa shape index (κ3) is 4.39. The number of hydrogen-bond acceptors (Lipinski definition) is 5. The predicted molar refractivity (Wildman–Crippen MR) is 126 cm³/mol. The normalized spacial score (nSPS) is 16.7. The van der Waals surface area contributed by atoms with Crippen molar-refractivity contribution in [2.45, 2.75) is 38.8 Å². The van der Waals surface area contributed by atoms with Gasteiger partial charge < -0.3 is 24.5 Å². The summed E-state index contributed by atoms with van der Waals surface area (Å²) < 4.78 is 16.4. The molecule has 2 N–H and O–H groups in total. The van der Waals surface area contributed by atoms with Crippen LogP contribution in [-0.2, 0) is 6.54 Å². The number of methoxy groups -OCH3 is 3. The van der Waals surface area contributed by atoms with E-state index in [1.807, 2.05) is 12.1 Å². The topological polar surface area (TPSA) is 75.8 Å². The lowest BCUT2D eigenvalue weighted by atomic mass is 10.0. The molecule has 0 radical (unpaired) electrons. The van der Waals surface area contributed by atoms with Gasteiger partial charge in [0, 0.05) is 29.7 Å². The van der Waals surface area contributed by atoms with Crippen LogP contribution in [0, 0.1) is 0 Å². The van der Waals surface area contributed by atoms with Gasteiger partial charge in [0.05, 0.1) is 26.8 Å². The fourth-order valence-corrected chi connectivity index (χ4v) is 4.38. The number of rotatable bonds is 7. The predicted octanol–water partition coefficient (Wildman–Crippen LogP) is 4.82. The maximum atomic E-state index is 12.9. The van der Waals surface area contributed by atoms with Gasteiger partial charge in [-0.25, -0.2) is 0 Å². The van der Waals surface area contributed by atoms with Crippen molar-refractivity contribution in [3.05, 3.63) is 47.7 Å². The Hall–Kier alpha value is -3.19. The zero-order chi connectivity index (χ0) is 22.7. The van der Waals surface area contributed by atoms with E-state index in [4.69, 9.17) is 14.2 Å². The van der Waals surface area contributed by atoms with Crippen molar-refractivity contribution >= 4 is 22.5 Å². The molecule has 1 unspecified atom stereocenters. The minimum absolute atomic E-state index is 0.235. The lowest BCUT2D eigenvalue weighted by Gasteiger charge is -2.33. The zero-order valence-corrected chi connectivity index (χ0v) is 19.2. The first kappa shape index (κ1) is 22.0. The van der Waals surface area contributed by atoms with E-state index in [2.05, 4.69) is 34.3 Å². The number of H-pyrrole nitrogens is 1. The molecule has 1 saturated heterocycles. The molecule has 170 valence electrons. The van der Waals surface area contributed by atoms with E-state index in [0.29, 0.717) is 34.5 Å². The molecule has 3 aromatic rings. The molecule has 0 aliphatic carbocycles. The van der Waals surface area contributed by atoms with Crippen molar-refractivity contribution in [2.24, 2.45) is 0 Å². The summed E-state index contributed by atoms with van der Waals surface area (Å²) in [4.78, 5) is 18.6. The number of fused-ring (bicyclic) bond motifs is 1. The first-order valence-electron chi connectivity index (χ1n) is 11.0. The first-order chi connectivity index (χ1) is 15.5. The Morgan fingerprint density at radius 1 is 1.06 bits per heavy atom. The third-order valence-electron chi connectivity index (χ3n) is 6.22. The van der Waals surface area contributed by atoms with E-state index in [-0.39, 0.29) is 5.91 Å². The number of amides is 1. The summed E-state index contributed by atoms with van der Waals surface area (Å²) in [7, 11) is 4.71. The Morgan fingerprint density at radius 3 is 2.47 bits per heavy atom. The highest BCUT2D eigenvalue weighted by Crippen LogP contribution is 2.41. The molecule has 4 rings (SSSR count). The van der Waals surface area contributed by atoms with Crippen LogP contribution in [0.1, 0.15) is 42.2 Å². The number of nitrogens with zero attached hydrogens (tertiary/aromatic N) is 1. The second-order valence-electron chi connectivity index (χ2n) is 8.25. The molecule has 7 heteroatoms. The van der Waals surface area contributed by atoms with Crippen LogP contribution in [0.2, 0.25) is 0 Å². The number of ether oxygens (including phenoxy) is 3. The van der Waals surface area contributed by atoms with Gasteiger partial charge >= 0.3 is 0 Å². The minimum Gasteiger partial charge on any atom is -0.496 e. The number of carbonyl (C=O) groups excluding carboxylic acids is 1. The molecule has 1 aliphatic rings. The number of benzene rings is 2. The van der Waals surface area contributed by atoms with Gasteiger partial charge in [-0.1, -0.05) is 18.6 Å². The molecule has 0 spiro atoms. The van der Waals surface area contributed by atoms with E-state index >= 15 is 0 Å². The summed E-state index contributed by atoms with van der Waals surface area (Å²) in [6.07, 6.45) is 3.85. The van der Waals surface area contributed by atoms with Crippen LogP contribution >= 0.6 is 0 Å². The molecule has 1 aliphatic heterocycles. The first-order valence-corrected chi connectivity index (χ1v) is 11.0. The van der Waals surface area contributed by atoms with Crippen molar-refractivity contribution < 1.29 is 19.0 Å². The van der Waals surface area contributed by atoms with Crippen molar-refractivity contribution in [1.82, 2.24) is 9.88 Å². The number of piperidine rings is 1. The molecule has 1 fully saturated rings. The van der Waals surface area contributed by atoms with E-state index < -0.39 is 0 Å². The Labute approximate surface area is 188 Å². The van der Waals surface area contributed by atoms with Gasteiger partial charge in [0.1, 0.15) is 11.4 Å². The van der Waals surface area contributed by atoms with Crippen LogP contribution in [-0.4, -0.2) is 49.7 Å². The summed E-state index contributed by atoms with van der Waals surface area (Å²) in [6, 6.07) is 12.2. The minimum atomic E-state index is -0.235. The number of carbonyl (C=O) groups is 1. The molecule has 0 bridgehead atoms. The fraction of sp³-hybridized carbons (Fsp3) is 0.400. The number of anilines is 1. The van der Waals surface area contributed by atoms with Crippen molar-refractivity contribution in [1.29, 1.82) is 0 Å². The maximum Gasteiger partial charge on any atom is 0.272 e. The molecule has 1 amide bonds. The van der Waals surface area contributed by atoms with Crippen LogP contribution in [0.5, 0.6) is 17.2 Å². The second-order valence-corrected chi connectivity index (χ2v) is 8.25. The average Bonchev–Trinajstić information content (AvgIpc) is 3.26. The van der Waals surface area contributed by atoms with E-state index in [1.54, 1.807) is 33.5 Å². The van der Waals surface area contributed by atoms with Crippen molar-refractivity contribution in [3.8, 4) is 17.2 Å². The fourth-order valence-electron chi connectivity index (χ4n) is 4.38. The Bertz CT molecular complexity index is 1090. The van der Waals surface area contributed by atoms with E-state index in [0.717, 1.165) is 24.2 Å². The lowest BCUT2D eigenvalue weighted by molar-refractivity contribution is 0.102. The monoisotopic (exact) mass is 437 g/mol. The highest BCUT2D eigenvalue weighted by atomic mass is 16.5. The van der Waals surface area contributed by atoms with Gasteiger partial charge in [0.2, 0.25) is 0 Å². The molecule has 7 nitrogen and oxygen atoms in total. The van der Waals surface area contributed by atoms with E-state index in [1.165, 1.54) is 24.8 Å². The van der Waals surface area contributed by atoms with Crippen LogP contribution < -0.4 is 19.5 Å². The number of aromatic nitrogens is 1. The second kappa shape index (κ2) is 9.53. The lowest BCUT2D eigenvalue weighted by Crippen LogP contribution is -2.36. The largest absolute Gasteiger partial charge is 0.496 e. The Morgan fingerprint density at radius 2 is 1.81 bits per heavy atom. The van der Waals surface area contributed by atoms with Gasteiger partial charge in [-0.15, -0.1) is 0 Å². The van der Waals surface area contributed by atoms with Crippen LogP contribution in [0.3, 0.4) is 0 Å². The summed E-state index contributed by atoms with van der Waals surface area (Å²) >= 11 is 0. The Kier molecular flexibility index (Phi) is 6.55. The molecule has 2 heterocycles. The molecular formula is C25H31N3O4. The number of nitrogens with one attached hydrogen (secondary N) is 2.